The van der Waals surface area contributed by atoms with Crippen molar-refractivity contribution in [1.82, 2.24) is 24.6 Å². The first kappa shape index (κ1) is 24.3. The number of nitrogens with one attached hydrogen (secondary N) is 2. The van der Waals surface area contributed by atoms with Crippen molar-refractivity contribution >= 4 is 11.6 Å². The number of carbonyl (C=O) groups excluding carboxylic acids is 1. The summed E-state index contributed by atoms with van der Waals surface area (Å²) in [6, 6.07) is 6.21. The molecule has 0 saturated carbocycles. The zero-order chi connectivity index (χ0) is 25.0. The van der Waals surface area contributed by atoms with E-state index in [0.29, 0.717) is 42.7 Å². The number of likely N-dealkylation sites (tertiary alicyclic amines) is 1. The topological polar surface area (TPSA) is 108 Å². The first-order valence-electron chi connectivity index (χ1n) is 10.8. The normalized spacial score (nSPS) is 16.1. The number of aliphatic hydroxyl groups excluding tert-OH is 1. The molecule has 12 heteroatoms. The minimum absolute atomic E-state index is 0.00926. The molecule has 0 aliphatic carbocycles. The predicted molar refractivity (Wildman–Crippen MR) is 120 cm³/mol. The number of carbonyl (C=O) groups is 1. The Kier molecular flexibility index (Phi) is 7.09. The van der Waals surface area contributed by atoms with Crippen molar-refractivity contribution in [2.24, 2.45) is 7.05 Å². The summed E-state index contributed by atoms with van der Waals surface area (Å²) in [4.78, 5) is 20.6. The molecule has 1 amide bonds. The van der Waals surface area contributed by atoms with Gasteiger partial charge in [-0.15, -0.1) is 0 Å². The SMILES string of the molecule is Cn1ccc(C#CC(=O)Nc2cc(-c3ncc(C(F)(F)F)[nH]3)ccc2OCCN2CCC(O)C2)n1. The van der Waals surface area contributed by atoms with E-state index in [-0.39, 0.29) is 24.2 Å². The van der Waals surface area contributed by atoms with Crippen LogP contribution in [0.15, 0.2) is 36.7 Å². The third-order valence-corrected chi connectivity index (χ3v) is 5.31. The number of aliphatic hydroxyl groups is 1. The van der Waals surface area contributed by atoms with Crippen molar-refractivity contribution in [2.45, 2.75) is 18.7 Å². The summed E-state index contributed by atoms with van der Waals surface area (Å²) < 4.78 is 46.3. The summed E-state index contributed by atoms with van der Waals surface area (Å²) in [7, 11) is 1.72. The smallest absolute Gasteiger partial charge is 0.432 e. The molecule has 1 aliphatic heterocycles. The summed E-state index contributed by atoms with van der Waals surface area (Å²) in [5.41, 5.74) is -0.0129. The van der Waals surface area contributed by atoms with Crippen molar-refractivity contribution in [1.29, 1.82) is 0 Å². The van der Waals surface area contributed by atoms with E-state index >= 15 is 0 Å². The average molecular weight is 488 g/mol. The minimum atomic E-state index is -4.56. The van der Waals surface area contributed by atoms with Gasteiger partial charge in [0.2, 0.25) is 0 Å². The highest BCUT2D eigenvalue weighted by Gasteiger charge is 2.33. The van der Waals surface area contributed by atoms with Crippen LogP contribution in [-0.4, -0.2) is 68.0 Å². The second kappa shape index (κ2) is 10.2. The van der Waals surface area contributed by atoms with Gasteiger partial charge in [0.15, 0.2) is 0 Å². The van der Waals surface area contributed by atoms with Gasteiger partial charge in [0.05, 0.1) is 18.0 Å². The molecule has 184 valence electrons. The van der Waals surface area contributed by atoms with E-state index in [9.17, 15) is 23.1 Å². The van der Waals surface area contributed by atoms with E-state index in [4.69, 9.17) is 4.74 Å². The van der Waals surface area contributed by atoms with E-state index in [2.05, 4.69) is 37.1 Å². The zero-order valence-corrected chi connectivity index (χ0v) is 18.8. The molecular formula is C23H23F3N6O3. The van der Waals surface area contributed by atoms with Crippen LogP contribution in [0.4, 0.5) is 18.9 Å². The highest BCUT2D eigenvalue weighted by molar-refractivity contribution is 6.05. The standard InChI is InChI=1S/C23H23F3N6O3/c1-31-8-6-16(30-31)3-5-21(34)28-18-12-15(22-27-13-20(29-22)23(24,25)26)2-4-19(18)35-11-10-32-9-7-17(33)14-32/h2,4,6,8,12-13,17,33H,7,9-11,14H2,1H3,(H,27,29)(H,28,34). The van der Waals surface area contributed by atoms with Crippen LogP contribution in [0.5, 0.6) is 5.75 Å². The van der Waals surface area contributed by atoms with E-state index in [1.165, 1.54) is 6.07 Å². The zero-order valence-electron chi connectivity index (χ0n) is 18.8. The Morgan fingerprint density at radius 2 is 2.20 bits per heavy atom. The summed E-state index contributed by atoms with van der Waals surface area (Å²) in [5, 5.41) is 16.4. The lowest BCUT2D eigenvalue weighted by molar-refractivity contribution is -0.140. The van der Waals surface area contributed by atoms with Gasteiger partial charge >= 0.3 is 12.1 Å². The van der Waals surface area contributed by atoms with E-state index in [1.54, 1.807) is 36.1 Å². The molecule has 1 saturated heterocycles. The molecule has 9 nitrogen and oxygen atoms in total. The second-order valence-corrected chi connectivity index (χ2v) is 8.02. The fourth-order valence-electron chi connectivity index (χ4n) is 3.57. The lowest BCUT2D eigenvalue weighted by Gasteiger charge is -2.17. The van der Waals surface area contributed by atoms with Crippen molar-refractivity contribution in [3.05, 3.63) is 48.0 Å². The molecule has 0 spiro atoms. The number of benzene rings is 1. The van der Waals surface area contributed by atoms with Gasteiger partial charge < -0.3 is 20.1 Å². The van der Waals surface area contributed by atoms with Crippen LogP contribution in [0.1, 0.15) is 17.8 Å². The average Bonchev–Trinajstić information content (AvgIpc) is 3.54. The van der Waals surface area contributed by atoms with Crippen molar-refractivity contribution in [3.63, 3.8) is 0 Å². The molecule has 1 fully saturated rings. The lowest BCUT2D eigenvalue weighted by Crippen LogP contribution is -2.27. The van der Waals surface area contributed by atoms with E-state index < -0.39 is 17.8 Å². The Bertz CT molecular complexity index is 1260. The molecule has 2 aromatic heterocycles. The molecule has 1 aromatic carbocycles. The number of ether oxygens (including phenoxy) is 1. The number of aromatic amines is 1. The molecular weight excluding hydrogens is 465 g/mol. The number of alkyl halides is 3. The van der Waals surface area contributed by atoms with Crippen LogP contribution in [0.3, 0.4) is 0 Å². The lowest BCUT2D eigenvalue weighted by atomic mass is 10.1. The summed E-state index contributed by atoms with van der Waals surface area (Å²) >= 11 is 0. The molecule has 0 radical (unpaired) electrons. The largest absolute Gasteiger partial charge is 0.490 e. The van der Waals surface area contributed by atoms with E-state index in [0.717, 1.165) is 6.54 Å². The molecule has 1 aliphatic rings. The molecule has 3 N–H and O–H groups in total. The molecule has 1 atom stereocenters. The second-order valence-electron chi connectivity index (χ2n) is 8.02. The van der Waals surface area contributed by atoms with Gasteiger partial charge in [-0.1, -0.05) is 0 Å². The van der Waals surface area contributed by atoms with Crippen LogP contribution in [-0.2, 0) is 18.0 Å². The summed E-state index contributed by atoms with van der Waals surface area (Å²) in [6.45, 7) is 2.18. The van der Waals surface area contributed by atoms with Crippen molar-refractivity contribution in [2.75, 3.05) is 31.6 Å². The molecule has 0 bridgehead atoms. The van der Waals surface area contributed by atoms with E-state index in [1.807, 2.05) is 0 Å². The van der Waals surface area contributed by atoms with Crippen LogP contribution in [0.25, 0.3) is 11.4 Å². The van der Waals surface area contributed by atoms with Crippen molar-refractivity contribution < 1.29 is 27.8 Å². The number of aryl methyl sites for hydroxylation is 1. The number of imidazole rings is 1. The van der Waals surface area contributed by atoms with Gasteiger partial charge in [-0.25, -0.2) is 4.98 Å². The van der Waals surface area contributed by atoms with Gasteiger partial charge in [0.25, 0.3) is 0 Å². The van der Waals surface area contributed by atoms with Crippen LogP contribution in [0.2, 0.25) is 0 Å². The van der Waals surface area contributed by atoms with Gasteiger partial charge in [-0.3, -0.25) is 14.4 Å². The first-order valence-corrected chi connectivity index (χ1v) is 10.8. The third kappa shape index (κ3) is 6.40. The quantitative estimate of drug-likeness (QED) is 0.460. The Morgan fingerprint density at radius 1 is 1.37 bits per heavy atom. The number of halogens is 3. The Hall–Kier alpha value is -3.82. The Morgan fingerprint density at radius 3 is 2.86 bits per heavy atom. The highest BCUT2D eigenvalue weighted by atomic mass is 19.4. The number of hydrogen-bond acceptors (Lipinski definition) is 6. The number of nitrogens with zero attached hydrogens (tertiary/aromatic N) is 4. The number of anilines is 1. The predicted octanol–water partition coefficient (Wildman–Crippen LogP) is 2.26. The van der Waals surface area contributed by atoms with Crippen LogP contribution in [0, 0.1) is 11.8 Å². The fourth-order valence-corrected chi connectivity index (χ4v) is 3.57. The number of H-pyrrole nitrogens is 1. The maximum Gasteiger partial charge on any atom is 0.432 e. The summed E-state index contributed by atoms with van der Waals surface area (Å²) in [5.74, 6) is 4.76. The molecule has 35 heavy (non-hydrogen) atoms. The number of rotatable bonds is 6. The minimum Gasteiger partial charge on any atom is -0.490 e. The number of β-amino-alcohol motifs (C(OH)–C–C–N with tert-alkyl or cyclic N) is 1. The van der Waals surface area contributed by atoms with Crippen molar-refractivity contribution in [3.8, 4) is 29.0 Å². The Labute approximate surface area is 198 Å². The number of hydrogen-bond donors (Lipinski definition) is 3. The molecule has 4 rings (SSSR count). The number of aromatic nitrogens is 4. The first-order chi connectivity index (χ1) is 16.7. The van der Waals surface area contributed by atoms with Gasteiger partial charge in [-0.2, -0.15) is 18.3 Å². The molecule has 3 heterocycles. The third-order valence-electron chi connectivity index (χ3n) is 5.31. The number of amides is 1. The monoisotopic (exact) mass is 488 g/mol. The van der Waals surface area contributed by atoms with Gasteiger partial charge in [0, 0.05) is 44.4 Å². The maximum absolute atomic E-state index is 13.0. The maximum atomic E-state index is 13.0. The highest BCUT2D eigenvalue weighted by Crippen LogP contribution is 2.33. The summed E-state index contributed by atoms with van der Waals surface area (Å²) in [6.07, 6.45) is -1.81. The fraction of sp³-hybridized carbons (Fsp3) is 0.348. The van der Waals surface area contributed by atoms with Crippen LogP contribution >= 0.6 is 0 Å². The molecule has 3 aromatic rings. The van der Waals surface area contributed by atoms with Gasteiger partial charge in [-0.05, 0) is 36.6 Å². The Balaban J connectivity index is 1.53. The van der Waals surface area contributed by atoms with Gasteiger partial charge in [0.1, 0.15) is 29.6 Å². The molecule has 1 unspecified atom stereocenters. The van der Waals surface area contributed by atoms with Crippen LogP contribution < -0.4 is 10.1 Å².